The largest absolute Gasteiger partial charge is 0.496 e. The van der Waals surface area contributed by atoms with Crippen LogP contribution in [-0.2, 0) is 6.42 Å². The van der Waals surface area contributed by atoms with E-state index in [0.717, 1.165) is 17.7 Å². The number of alkyl halides is 1. The molecule has 21 heavy (non-hydrogen) atoms. The number of rotatable bonds is 6. The van der Waals surface area contributed by atoms with Crippen molar-refractivity contribution in [2.24, 2.45) is 0 Å². The summed E-state index contributed by atoms with van der Waals surface area (Å²) in [5.74, 6) is 2.15. The molecule has 0 N–H and O–H groups in total. The fraction of sp³-hybridized carbons (Fsp3) is 0.294. The molecule has 0 heterocycles. The number of ether oxygens (including phenoxy) is 3. The van der Waals surface area contributed by atoms with Crippen LogP contribution < -0.4 is 14.2 Å². The highest BCUT2D eigenvalue weighted by Crippen LogP contribution is 2.41. The summed E-state index contributed by atoms with van der Waals surface area (Å²) in [7, 11) is 4.91. The lowest BCUT2D eigenvalue weighted by atomic mass is 10.0. The smallest absolute Gasteiger partial charge is 0.164 e. The van der Waals surface area contributed by atoms with Crippen LogP contribution >= 0.6 is 15.9 Å². The molecule has 0 aromatic heterocycles. The summed E-state index contributed by atoms with van der Waals surface area (Å²) in [6, 6.07) is 14.1. The van der Waals surface area contributed by atoms with Gasteiger partial charge in [0.25, 0.3) is 0 Å². The molecule has 3 nitrogen and oxygen atoms in total. The first-order valence-corrected chi connectivity index (χ1v) is 7.59. The standard InChI is InChI=1S/C17H19BrO3/c1-19-15-11-17(21-3)16(20-2)10-13(15)14(18)9-12-7-5-4-6-8-12/h4-8,10-11,14H,9H2,1-3H3. The van der Waals surface area contributed by atoms with Crippen molar-refractivity contribution in [3.8, 4) is 17.2 Å². The summed E-state index contributed by atoms with van der Waals surface area (Å²) < 4.78 is 16.2. The Kier molecular flexibility index (Phi) is 5.51. The van der Waals surface area contributed by atoms with Crippen LogP contribution in [0.15, 0.2) is 42.5 Å². The molecule has 0 spiro atoms. The Morgan fingerprint density at radius 3 is 2.00 bits per heavy atom. The van der Waals surface area contributed by atoms with Gasteiger partial charge in [0, 0.05) is 16.5 Å². The molecule has 0 fully saturated rings. The van der Waals surface area contributed by atoms with Crippen molar-refractivity contribution >= 4 is 15.9 Å². The number of halogens is 1. The van der Waals surface area contributed by atoms with E-state index in [9.17, 15) is 0 Å². The molecule has 4 heteroatoms. The number of benzene rings is 2. The summed E-state index contributed by atoms with van der Waals surface area (Å²) in [5, 5.41) is 0. The number of hydrogen-bond donors (Lipinski definition) is 0. The predicted molar refractivity (Wildman–Crippen MR) is 87.9 cm³/mol. The van der Waals surface area contributed by atoms with Crippen LogP contribution in [0.5, 0.6) is 17.2 Å². The Morgan fingerprint density at radius 2 is 1.43 bits per heavy atom. The van der Waals surface area contributed by atoms with E-state index in [1.165, 1.54) is 5.56 Å². The fourth-order valence-corrected chi connectivity index (χ4v) is 2.96. The first kappa shape index (κ1) is 15.7. The van der Waals surface area contributed by atoms with Gasteiger partial charge in [-0.2, -0.15) is 0 Å². The first-order chi connectivity index (χ1) is 10.2. The fourth-order valence-electron chi connectivity index (χ4n) is 2.23. The van der Waals surface area contributed by atoms with Crippen molar-refractivity contribution in [2.45, 2.75) is 11.2 Å². The van der Waals surface area contributed by atoms with Gasteiger partial charge in [-0.25, -0.2) is 0 Å². The molecule has 0 saturated heterocycles. The molecule has 0 aliphatic heterocycles. The molecule has 2 aromatic carbocycles. The molecule has 0 radical (unpaired) electrons. The minimum absolute atomic E-state index is 0.134. The quantitative estimate of drug-likeness (QED) is 0.723. The van der Waals surface area contributed by atoms with Crippen molar-refractivity contribution in [1.82, 2.24) is 0 Å². The lowest BCUT2D eigenvalue weighted by Gasteiger charge is -2.17. The van der Waals surface area contributed by atoms with E-state index in [2.05, 4.69) is 28.1 Å². The summed E-state index contributed by atoms with van der Waals surface area (Å²) >= 11 is 3.75. The van der Waals surface area contributed by atoms with Gasteiger partial charge in [-0.15, -0.1) is 0 Å². The topological polar surface area (TPSA) is 27.7 Å². The highest BCUT2D eigenvalue weighted by molar-refractivity contribution is 9.09. The minimum atomic E-state index is 0.134. The van der Waals surface area contributed by atoms with Crippen molar-refractivity contribution in [1.29, 1.82) is 0 Å². The molecule has 0 aliphatic carbocycles. The lowest BCUT2D eigenvalue weighted by Crippen LogP contribution is -2.01. The summed E-state index contributed by atoms with van der Waals surface area (Å²) in [4.78, 5) is 0.134. The maximum atomic E-state index is 5.48. The van der Waals surface area contributed by atoms with Crippen LogP contribution in [0.25, 0.3) is 0 Å². The van der Waals surface area contributed by atoms with E-state index in [4.69, 9.17) is 14.2 Å². The van der Waals surface area contributed by atoms with Crippen LogP contribution in [0.4, 0.5) is 0 Å². The SMILES string of the molecule is COc1cc(OC)c(C(Br)Cc2ccccc2)cc1OC. The van der Waals surface area contributed by atoms with Gasteiger partial charge in [-0.1, -0.05) is 46.3 Å². The van der Waals surface area contributed by atoms with Gasteiger partial charge >= 0.3 is 0 Å². The van der Waals surface area contributed by atoms with E-state index < -0.39 is 0 Å². The van der Waals surface area contributed by atoms with Crippen LogP contribution in [0.3, 0.4) is 0 Å². The molecule has 1 atom stereocenters. The molecular formula is C17H19BrO3. The second kappa shape index (κ2) is 7.36. The zero-order valence-electron chi connectivity index (χ0n) is 12.4. The van der Waals surface area contributed by atoms with Crippen LogP contribution in [0, 0.1) is 0 Å². The van der Waals surface area contributed by atoms with Gasteiger partial charge in [0.1, 0.15) is 5.75 Å². The van der Waals surface area contributed by atoms with Gasteiger partial charge in [-0.3, -0.25) is 0 Å². The average Bonchev–Trinajstić information content (AvgIpc) is 2.54. The van der Waals surface area contributed by atoms with Crippen LogP contribution in [0.1, 0.15) is 16.0 Å². The Morgan fingerprint density at radius 1 is 0.857 bits per heavy atom. The summed E-state index contributed by atoms with van der Waals surface area (Å²) in [5.41, 5.74) is 2.30. The van der Waals surface area contributed by atoms with E-state index in [-0.39, 0.29) is 4.83 Å². The normalized spacial score (nSPS) is 11.8. The third-order valence-electron chi connectivity index (χ3n) is 3.33. The Balaban J connectivity index is 2.33. The monoisotopic (exact) mass is 350 g/mol. The van der Waals surface area contributed by atoms with Crippen LogP contribution in [-0.4, -0.2) is 21.3 Å². The second-order valence-corrected chi connectivity index (χ2v) is 5.71. The maximum absolute atomic E-state index is 5.48. The Hall–Kier alpha value is -1.68. The van der Waals surface area contributed by atoms with Gasteiger partial charge in [-0.05, 0) is 18.1 Å². The van der Waals surface area contributed by atoms with Crippen molar-refractivity contribution < 1.29 is 14.2 Å². The van der Waals surface area contributed by atoms with E-state index in [1.54, 1.807) is 21.3 Å². The number of hydrogen-bond acceptors (Lipinski definition) is 3. The predicted octanol–water partition coefficient (Wildman–Crippen LogP) is 4.39. The molecule has 2 aromatic rings. The zero-order chi connectivity index (χ0) is 15.2. The van der Waals surface area contributed by atoms with Gasteiger partial charge in [0.2, 0.25) is 0 Å². The first-order valence-electron chi connectivity index (χ1n) is 6.67. The molecule has 112 valence electrons. The van der Waals surface area contributed by atoms with E-state index in [1.807, 2.05) is 30.3 Å². The van der Waals surface area contributed by atoms with Crippen molar-refractivity contribution in [3.63, 3.8) is 0 Å². The zero-order valence-corrected chi connectivity index (χ0v) is 14.0. The average molecular weight is 351 g/mol. The highest BCUT2D eigenvalue weighted by atomic mass is 79.9. The third-order valence-corrected chi connectivity index (χ3v) is 4.15. The van der Waals surface area contributed by atoms with Crippen molar-refractivity contribution in [3.05, 3.63) is 53.6 Å². The molecule has 2 rings (SSSR count). The molecule has 0 saturated carbocycles. The highest BCUT2D eigenvalue weighted by Gasteiger charge is 2.18. The van der Waals surface area contributed by atoms with Gasteiger partial charge in [0.15, 0.2) is 11.5 Å². The van der Waals surface area contributed by atoms with Gasteiger partial charge < -0.3 is 14.2 Å². The molecule has 1 unspecified atom stereocenters. The van der Waals surface area contributed by atoms with E-state index in [0.29, 0.717) is 11.5 Å². The van der Waals surface area contributed by atoms with Crippen molar-refractivity contribution in [2.75, 3.05) is 21.3 Å². The molecule has 0 bridgehead atoms. The Labute approximate surface area is 134 Å². The van der Waals surface area contributed by atoms with Crippen LogP contribution in [0.2, 0.25) is 0 Å². The van der Waals surface area contributed by atoms with E-state index >= 15 is 0 Å². The molecule has 0 aliphatic rings. The summed E-state index contributed by atoms with van der Waals surface area (Å²) in [6.45, 7) is 0. The third kappa shape index (κ3) is 3.70. The van der Waals surface area contributed by atoms with Gasteiger partial charge in [0.05, 0.1) is 21.3 Å². The minimum Gasteiger partial charge on any atom is -0.496 e. The second-order valence-electron chi connectivity index (χ2n) is 4.61. The maximum Gasteiger partial charge on any atom is 0.164 e. The molecular weight excluding hydrogens is 332 g/mol. The number of methoxy groups -OCH3 is 3. The lowest BCUT2D eigenvalue weighted by molar-refractivity contribution is 0.347. The Bertz CT molecular complexity index is 584. The summed E-state index contributed by atoms with van der Waals surface area (Å²) in [6.07, 6.45) is 0.868. The molecule has 0 amide bonds.